The maximum Gasteiger partial charge on any atom is 0.318 e. The Morgan fingerprint density at radius 3 is 2.39 bits per heavy atom. The molecule has 154 valence electrons. The van der Waals surface area contributed by atoms with Crippen molar-refractivity contribution in [1.29, 1.82) is 0 Å². The summed E-state index contributed by atoms with van der Waals surface area (Å²) < 4.78 is 25.6. The van der Waals surface area contributed by atoms with E-state index in [0.717, 1.165) is 22.7 Å². The number of sulfonamides is 1. The van der Waals surface area contributed by atoms with E-state index in [-0.39, 0.29) is 16.7 Å². The molecule has 0 radical (unpaired) electrons. The van der Waals surface area contributed by atoms with Crippen molar-refractivity contribution >= 4 is 38.5 Å². The summed E-state index contributed by atoms with van der Waals surface area (Å²) in [6.45, 7) is 1.15. The van der Waals surface area contributed by atoms with Gasteiger partial charge in [0.25, 0.3) is 0 Å². The Kier molecular flexibility index (Phi) is 7.33. The van der Waals surface area contributed by atoms with Crippen LogP contribution in [0.3, 0.4) is 0 Å². The van der Waals surface area contributed by atoms with Crippen LogP contribution in [0.15, 0.2) is 39.1 Å². The summed E-state index contributed by atoms with van der Waals surface area (Å²) in [5.74, 6) is -1.23. The van der Waals surface area contributed by atoms with Crippen molar-refractivity contribution in [2.24, 2.45) is 9.98 Å². The molecule has 2 rings (SSSR count). The number of halogens is 1. The summed E-state index contributed by atoms with van der Waals surface area (Å²) in [6.07, 6.45) is 2.90. The van der Waals surface area contributed by atoms with Crippen LogP contribution in [-0.2, 0) is 21.2 Å². The number of aliphatic hydroxyl groups is 1. The third kappa shape index (κ3) is 5.16. The average molecular weight is 430 g/mol. The summed E-state index contributed by atoms with van der Waals surface area (Å²) in [6, 6.07) is 6.19. The fourth-order valence-electron chi connectivity index (χ4n) is 2.97. The lowest BCUT2D eigenvalue weighted by Crippen LogP contribution is -2.32. The SMILES string of the molecule is CCCCC1(Cc2ccc(S(=O)(=O)N(C)CC(=O)O)cc2)N=C(Cl)C(CO)=N1. The van der Waals surface area contributed by atoms with Gasteiger partial charge >= 0.3 is 5.97 Å². The molecule has 1 aliphatic heterocycles. The van der Waals surface area contributed by atoms with E-state index >= 15 is 0 Å². The number of nitrogens with zero attached hydrogens (tertiary/aromatic N) is 3. The van der Waals surface area contributed by atoms with Gasteiger partial charge in [0.2, 0.25) is 10.0 Å². The number of benzene rings is 1. The minimum Gasteiger partial charge on any atom is -0.480 e. The Morgan fingerprint density at radius 2 is 1.89 bits per heavy atom. The molecule has 0 aromatic heterocycles. The van der Waals surface area contributed by atoms with Crippen LogP contribution in [0.4, 0.5) is 0 Å². The van der Waals surface area contributed by atoms with Gasteiger partial charge in [-0.1, -0.05) is 37.1 Å². The van der Waals surface area contributed by atoms with Gasteiger partial charge in [-0.3, -0.25) is 9.79 Å². The summed E-state index contributed by atoms with van der Waals surface area (Å²) in [5, 5.41) is 18.4. The number of unbranched alkanes of at least 4 members (excludes halogenated alkanes) is 1. The zero-order valence-corrected chi connectivity index (χ0v) is 17.4. The lowest BCUT2D eigenvalue weighted by Gasteiger charge is -2.23. The lowest BCUT2D eigenvalue weighted by molar-refractivity contribution is -0.137. The summed E-state index contributed by atoms with van der Waals surface area (Å²) in [7, 11) is -2.67. The van der Waals surface area contributed by atoms with Crippen molar-refractivity contribution in [2.45, 2.75) is 43.2 Å². The predicted octanol–water partition coefficient (Wildman–Crippen LogP) is 1.90. The van der Waals surface area contributed by atoms with Gasteiger partial charge in [-0.05, 0) is 30.5 Å². The number of aliphatic hydroxyl groups excluding tert-OH is 1. The van der Waals surface area contributed by atoms with Crippen molar-refractivity contribution in [3.8, 4) is 0 Å². The number of carboxylic acid groups (broad SMARTS) is 1. The molecule has 8 nitrogen and oxygen atoms in total. The van der Waals surface area contributed by atoms with E-state index in [1.54, 1.807) is 12.1 Å². The first-order chi connectivity index (χ1) is 13.1. The lowest BCUT2D eigenvalue weighted by atomic mass is 9.95. The summed E-state index contributed by atoms with van der Waals surface area (Å²) in [5.41, 5.74) is 0.366. The number of likely N-dealkylation sites (N-methyl/N-ethyl adjacent to an activating group) is 1. The number of rotatable bonds is 10. The molecule has 0 saturated carbocycles. The molecular formula is C18H24ClN3O5S. The van der Waals surface area contributed by atoms with Crippen LogP contribution in [0.2, 0.25) is 0 Å². The number of carbonyl (C=O) groups is 1. The highest BCUT2D eigenvalue weighted by Crippen LogP contribution is 2.31. The third-order valence-corrected chi connectivity index (χ3v) is 6.56. The van der Waals surface area contributed by atoms with Gasteiger partial charge in [-0.15, -0.1) is 0 Å². The van der Waals surface area contributed by atoms with Gasteiger partial charge in [-0.2, -0.15) is 4.31 Å². The highest BCUT2D eigenvalue weighted by molar-refractivity contribution is 7.89. The van der Waals surface area contributed by atoms with Crippen LogP contribution in [0.25, 0.3) is 0 Å². The van der Waals surface area contributed by atoms with Crippen LogP contribution < -0.4 is 0 Å². The molecule has 1 aromatic carbocycles. The van der Waals surface area contributed by atoms with Gasteiger partial charge in [0.15, 0.2) is 5.66 Å². The monoisotopic (exact) mass is 429 g/mol. The maximum absolute atomic E-state index is 12.4. The molecule has 1 heterocycles. The predicted molar refractivity (Wildman–Crippen MR) is 108 cm³/mol. The molecule has 0 bridgehead atoms. The van der Waals surface area contributed by atoms with Crippen molar-refractivity contribution in [2.75, 3.05) is 20.2 Å². The standard InChI is InChI=1S/C18H24ClN3O5S/c1-3-4-9-18(20-15(12-23)17(19)21-18)10-13-5-7-14(8-6-13)28(26,27)22(2)11-16(24)25/h5-8,23H,3-4,9-12H2,1-2H3,(H,24,25). The van der Waals surface area contributed by atoms with Crippen molar-refractivity contribution in [3.63, 3.8) is 0 Å². The Labute approximate surface area is 169 Å². The van der Waals surface area contributed by atoms with Crippen LogP contribution in [0, 0.1) is 0 Å². The minimum atomic E-state index is -3.89. The number of hydrogen-bond donors (Lipinski definition) is 2. The number of hydrogen-bond acceptors (Lipinski definition) is 6. The van der Waals surface area contributed by atoms with Gasteiger partial charge in [-0.25, -0.2) is 13.4 Å². The summed E-state index contributed by atoms with van der Waals surface area (Å²) >= 11 is 6.10. The smallest absolute Gasteiger partial charge is 0.318 e. The highest BCUT2D eigenvalue weighted by atomic mass is 35.5. The fraction of sp³-hybridized carbons (Fsp3) is 0.500. The zero-order valence-electron chi connectivity index (χ0n) is 15.8. The molecule has 0 spiro atoms. The number of aliphatic carboxylic acids is 1. The molecule has 0 amide bonds. The molecule has 1 aliphatic rings. The van der Waals surface area contributed by atoms with Crippen molar-refractivity contribution < 1.29 is 23.4 Å². The van der Waals surface area contributed by atoms with Crippen LogP contribution in [0.5, 0.6) is 0 Å². The Morgan fingerprint density at radius 1 is 1.25 bits per heavy atom. The Balaban J connectivity index is 2.25. The highest BCUT2D eigenvalue weighted by Gasteiger charge is 2.35. The average Bonchev–Trinajstić information content (AvgIpc) is 2.95. The second kappa shape index (κ2) is 9.13. The fourth-order valence-corrected chi connectivity index (χ4v) is 4.35. The van der Waals surface area contributed by atoms with E-state index in [1.165, 1.54) is 19.2 Å². The molecule has 1 aromatic rings. The molecule has 1 unspecified atom stereocenters. The molecule has 1 atom stereocenters. The topological polar surface area (TPSA) is 120 Å². The summed E-state index contributed by atoms with van der Waals surface area (Å²) in [4.78, 5) is 19.8. The van der Waals surface area contributed by atoms with Crippen LogP contribution >= 0.6 is 11.6 Å². The van der Waals surface area contributed by atoms with Gasteiger partial charge in [0.1, 0.15) is 17.4 Å². The van der Waals surface area contributed by atoms with E-state index in [4.69, 9.17) is 16.7 Å². The van der Waals surface area contributed by atoms with E-state index < -0.39 is 28.2 Å². The van der Waals surface area contributed by atoms with Gasteiger partial charge in [0, 0.05) is 13.5 Å². The molecule has 2 N–H and O–H groups in total. The molecular weight excluding hydrogens is 406 g/mol. The van der Waals surface area contributed by atoms with E-state index in [9.17, 15) is 18.3 Å². The van der Waals surface area contributed by atoms with Crippen LogP contribution in [0.1, 0.15) is 31.7 Å². The Bertz CT molecular complexity index is 883. The van der Waals surface area contributed by atoms with E-state index in [1.807, 2.05) is 0 Å². The van der Waals surface area contributed by atoms with Crippen LogP contribution in [-0.4, -0.2) is 65.7 Å². The minimum absolute atomic E-state index is 0.00936. The number of aliphatic imine (C=N–C) groups is 2. The van der Waals surface area contributed by atoms with E-state index in [0.29, 0.717) is 18.6 Å². The zero-order chi connectivity index (χ0) is 20.9. The Hall–Kier alpha value is -1.81. The quantitative estimate of drug-likeness (QED) is 0.588. The largest absolute Gasteiger partial charge is 0.480 e. The maximum atomic E-state index is 12.4. The molecule has 0 aliphatic carbocycles. The second-order valence-electron chi connectivity index (χ2n) is 6.68. The van der Waals surface area contributed by atoms with Gasteiger partial charge in [0.05, 0.1) is 11.5 Å². The second-order valence-corrected chi connectivity index (χ2v) is 9.08. The normalized spacial score (nSPS) is 19.6. The van der Waals surface area contributed by atoms with Gasteiger partial charge < -0.3 is 10.2 Å². The molecule has 28 heavy (non-hydrogen) atoms. The van der Waals surface area contributed by atoms with E-state index in [2.05, 4.69) is 16.9 Å². The first-order valence-corrected chi connectivity index (χ1v) is 10.7. The first kappa shape index (κ1) is 22.5. The third-order valence-electron chi connectivity index (χ3n) is 4.44. The molecule has 10 heteroatoms. The van der Waals surface area contributed by atoms with Crippen molar-refractivity contribution in [3.05, 3.63) is 29.8 Å². The molecule has 0 fully saturated rings. The number of carboxylic acids is 1. The first-order valence-electron chi connectivity index (χ1n) is 8.86. The van der Waals surface area contributed by atoms with Crippen molar-refractivity contribution in [1.82, 2.24) is 4.31 Å². The molecule has 0 saturated heterocycles.